The van der Waals surface area contributed by atoms with E-state index in [1.165, 1.54) is 11.1 Å². The molecule has 0 saturated carbocycles. The Bertz CT molecular complexity index is 1170. The summed E-state index contributed by atoms with van der Waals surface area (Å²) in [5.74, 6) is 1.69. The smallest absolute Gasteiger partial charge is 0.133 e. The van der Waals surface area contributed by atoms with E-state index in [0.717, 1.165) is 63.6 Å². The van der Waals surface area contributed by atoms with E-state index in [1.807, 2.05) is 32.9 Å². The van der Waals surface area contributed by atoms with Gasteiger partial charge in [-0.05, 0) is 50.5 Å². The Hall–Kier alpha value is -2.76. The van der Waals surface area contributed by atoms with Crippen LogP contribution < -0.4 is 5.32 Å². The number of aryl methyl sites for hydroxylation is 3. The van der Waals surface area contributed by atoms with Crippen molar-refractivity contribution in [2.75, 3.05) is 11.9 Å². The van der Waals surface area contributed by atoms with Crippen molar-refractivity contribution in [2.45, 2.75) is 33.6 Å². The molecule has 0 fully saturated rings. The monoisotopic (exact) mass is 448 g/mol. The highest BCUT2D eigenvalue weighted by Gasteiger charge is 2.11. The zero-order valence-corrected chi connectivity index (χ0v) is 19.5. The van der Waals surface area contributed by atoms with Crippen molar-refractivity contribution in [3.63, 3.8) is 0 Å². The minimum absolute atomic E-state index is 0.745. The van der Waals surface area contributed by atoms with Crippen LogP contribution >= 0.6 is 22.9 Å². The van der Waals surface area contributed by atoms with Gasteiger partial charge in [0.15, 0.2) is 0 Å². The number of thiazole rings is 1. The van der Waals surface area contributed by atoms with E-state index in [-0.39, 0.29) is 0 Å². The molecular formula is C25H25ClN4S. The summed E-state index contributed by atoms with van der Waals surface area (Å²) in [4.78, 5) is 13.8. The Kier molecular flexibility index (Phi) is 6.64. The molecule has 31 heavy (non-hydrogen) atoms. The van der Waals surface area contributed by atoms with Crippen LogP contribution in [0.3, 0.4) is 0 Å². The number of aromatic nitrogens is 3. The molecule has 4 rings (SSSR count). The van der Waals surface area contributed by atoms with E-state index >= 15 is 0 Å². The quantitative estimate of drug-likeness (QED) is 0.354. The topological polar surface area (TPSA) is 50.7 Å². The molecule has 4 nitrogen and oxygen atoms in total. The van der Waals surface area contributed by atoms with Gasteiger partial charge in [-0.2, -0.15) is 0 Å². The summed E-state index contributed by atoms with van der Waals surface area (Å²) in [5, 5.41) is 7.48. The first kappa shape index (κ1) is 21.5. The molecule has 0 bridgehead atoms. The first-order chi connectivity index (χ1) is 15.0. The summed E-state index contributed by atoms with van der Waals surface area (Å²) in [7, 11) is 0. The average Bonchev–Trinajstić information content (AvgIpc) is 3.18. The third-order valence-corrected chi connectivity index (χ3v) is 6.22. The van der Waals surface area contributed by atoms with Gasteiger partial charge in [0.05, 0.1) is 10.7 Å². The highest BCUT2D eigenvalue weighted by molar-refractivity contribution is 7.09. The Balaban J connectivity index is 1.43. The highest BCUT2D eigenvalue weighted by Crippen LogP contribution is 2.23. The molecule has 0 aliphatic heterocycles. The Morgan fingerprint density at radius 1 is 0.871 bits per heavy atom. The van der Waals surface area contributed by atoms with Crippen LogP contribution in [0.2, 0.25) is 5.02 Å². The molecule has 0 radical (unpaired) electrons. The van der Waals surface area contributed by atoms with Crippen LogP contribution in [0.5, 0.6) is 0 Å². The van der Waals surface area contributed by atoms with Crippen LogP contribution in [0.15, 0.2) is 53.9 Å². The van der Waals surface area contributed by atoms with Gasteiger partial charge >= 0.3 is 0 Å². The molecule has 0 saturated heterocycles. The zero-order chi connectivity index (χ0) is 21.8. The Morgan fingerprint density at radius 2 is 1.58 bits per heavy atom. The van der Waals surface area contributed by atoms with Crippen molar-refractivity contribution in [3.8, 4) is 11.3 Å². The minimum atomic E-state index is 0.745. The van der Waals surface area contributed by atoms with Crippen molar-refractivity contribution in [3.05, 3.63) is 92.1 Å². The number of anilines is 1. The fourth-order valence-electron chi connectivity index (χ4n) is 3.56. The van der Waals surface area contributed by atoms with Crippen molar-refractivity contribution >= 4 is 28.8 Å². The number of hydrogen-bond donors (Lipinski definition) is 1. The number of hydrogen-bond acceptors (Lipinski definition) is 5. The number of nitrogens with zero attached hydrogens (tertiary/aromatic N) is 3. The number of rotatable bonds is 7. The fraction of sp³-hybridized carbons (Fsp3) is 0.240. The Morgan fingerprint density at radius 3 is 2.26 bits per heavy atom. The molecule has 1 N–H and O–H groups in total. The third kappa shape index (κ3) is 5.49. The third-order valence-electron chi connectivity index (χ3n) is 5.19. The molecule has 0 aliphatic rings. The lowest BCUT2D eigenvalue weighted by molar-refractivity contribution is 0.932. The van der Waals surface area contributed by atoms with Crippen molar-refractivity contribution in [1.82, 2.24) is 15.0 Å². The second-order valence-electron chi connectivity index (χ2n) is 7.61. The molecule has 6 heteroatoms. The molecule has 2 aromatic carbocycles. The van der Waals surface area contributed by atoms with Gasteiger partial charge in [-0.25, -0.2) is 15.0 Å². The second kappa shape index (κ2) is 9.58. The zero-order valence-electron chi connectivity index (χ0n) is 17.9. The van der Waals surface area contributed by atoms with Crippen LogP contribution in [-0.4, -0.2) is 21.5 Å². The highest BCUT2D eigenvalue weighted by atomic mass is 35.5. The van der Waals surface area contributed by atoms with Gasteiger partial charge in [0.2, 0.25) is 0 Å². The van der Waals surface area contributed by atoms with E-state index < -0.39 is 0 Å². The predicted octanol–water partition coefficient (Wildman–Crippen LogP) is 6.42. The van der Waals surface area contributed by atoms with Gasteiger partial charge < -0.3 is 5.32 Å². The number of halogens is 1. The predicted molar refractivity (Wildman–Crippen MR) is 130 cm³/mol. The summed E-state index contributed by atoms with van der Waals surface area (Å²) in [5.41, 5.74) is 6.81. The van der Waals surface area contributed by atoms with E-state index in [9.17, 15) is 0 Å². The molecule has 0 unspecified atom stereocenters. The van der Waals surface area contributed by atoms with Crippen LogP contribution in [0.25, 0.3) is 11.3 Å². The standard InChI is InChI=1S/C25H25ClN4S/c1-16-23(14-20-6-10-22(26)11-7-20)25(29-17(2)28-16)27-13-12-19-4-8-21(9-5-19)24-15-31-18(3)30-24/h4-11,15H,12-14H2,1-3H3,(H,27,28,29). The van der Waals surface area contributed by atoms with Crippen molar-refractivity contribution < 1.29 is 0 Å². The van der Waals surface area contributed by atoms with Crippen LogP contribution in [0.4, 0.5) is 5.82 Å². The Labute approximate surface area is 192 Å². The molecule has 0 spiro atoms. The molecular weight excluding hydrogens is 424 g/mol. The summed E-state index contributed by atoms with van der Waals surface area (Å²) >= 11 is 7.71. The van der Waals surface area contributed by atoms with Gasteiger partial charge in [-0.15, -0.1) is 11.3 Å². The van der Waals surface area contributed by atoms with Gasteiger partial charge in [-0.3, -0.25) is 0 Å². The number of nitrogens with one attached hydrogen (secondary N) is 1. The molecule has 0 atom stereocenters. The van der Waals surface area contributed by atoms with Gasteiger partial charge in [0.1, 0.15) is 11.6 Å². The first-order valence-electron chi connectivity index (χ1n) is 10.3. The normalized spacial score (nSPS) is 11.0. The second-order valence-corrected chi connectivity index (χ2v) is 9.11. The fourth-order valence-corrected chi connectivity index (χ4v) is 4.31. The average molecular weight is 449 g/mol. The maximum absolute atomic E-state index is 6.03. The molecule has 4 aromatic rings. The van der Waals surface area contributed by atoms with Crippen LogP contribution in [-0.2, 0) is 12.8 Å². The largest absolute Gasteiger partial charge is 0.369 e. The SMILES string of the molecule is Cc1nc(C)c(Cc2ccc(Cl)cc2)c(NCCc2ccc(-c3csc(C)n3)cc2)n1. The van der Waals surface area contributed by atoms with E-state index in [4.69, 9.17) is 11.6 Å². The first-order valence-corrected chi connectivity index (χ1v) is 11.6. The minimum Gasteiger partial charge on any atom is -0.369 e. The molecule has 0 amide bonds. The van der Waals surface area contributed by atoms with Crippen molar-refractivity contribution in [2.24, 2.45) is 0 Å². The maximum atomic E-state index is 6.03. The van der Waals surface area contributed by atoms with Crippen LogP contribution in [0, 0.1) is 20.8 Å². The molecule has 2 aromatic heterocycles. The van der Waals surface area contributed by atoms with E-state index in [1.54, 1.807) is 11.3 Å². The summed E-state index contributed by atoms with van der Waals surface area (Å²) < 4.78 is 0. The summed E-state index contributed by atoms with van der Waals surface area (Å²) in [6.07, 6.45) is 1.69. The summed E-state index contributed by atoms with van der Waals surface area (Å²) in [6.45, 7) is 6.82. The van der Waals surface area contributed by atoms with E-state index in [0.29, 0.717) is 0 Å². The van der Waals surface area contributed by atoms with Crippen LogP contribution in [0.1, 0.15) is 33.2 Å². The lowest BCUT2D eigenvalue weighted by Gasteiger charge is -2.14. The summed E-state index contributed by atoms with van der Waals surface area (Å²) in [6, 6.07) is 16.6. The number of benzene rings is 2. The lowest BCUT2D eigenvalue weighted by atomic mass is 10.0. The van der Waals surface area contributed by atoms with Gasteiger partial charge in [0.25, 0.3) is 0 Å². The molecule has 158 valence electrons. The lowest BCUT2D eigenvalue weighted by Crippen LogP contribution is -2.12. The van der Waals surface area contributed by atoms with E-state index in [2.05, 4.69) is 62.0 Å². The molecule has 2 heterocycles. The van der Waals surface area contributed by atoms with Gasteiger partial charge in [-0.1, -0.05) is 48.0 Å². The molecule has 0 aliphatic carbocycles. The maximum Gasteiger partial charge on any atom is 0.133 e. The van der Waals surface area contributed by atoms with Crippen molar-refractivity contribution in [1.29, 1.82) is 0 Å². The van der Waals surface area contributed by atoms with Gasteiger partial charge in [0, 0.05) is 40.2 Å².